The number of benzene rings is 2. The molecule has 0 aliphatic carbocycles. The zero-order chi connectivity index (χ0) is 31.6. The monoisotopic (exact) mass is 637 g/mol. The highest BCUT2D eigenvalue weighted by molar-refractivity contribution is 7.99. The highest BCUT2D eigenvalue weighted by atomic mass is 35.5. The summed E-state index contributed by atoms with van der Waals surface area (Å²) in [5, 5.41) is 10.9. The van der Waals surface area contributed by atoms with E-state index in [1.165, 1.54) is 34.5 Å². The van der Waals surface area contributed by atoms with Crippen molar-refractivity contribution in [3.8, 4) is 22.6 Å². The topological polar surface area (TPSA) is 91.6 Å². The molecule has 4 heterocycles. The van der Waals surface area contributed by atoms with Crippen molar-refractivity contribution in [2.24, 2.45) is 0 Å². The normalized spacial score (nSPS) is 18.0. The third kappa shape index (κ3) is 4.56. The van der Waals surface area contributed by atoms with Crippen LogP contribution in [0.2, 0.25) is 5.02 Å². The number of hydrogen-bond donors (Lipinski definition) is 1. The van der Waals surface area contributed by atoms with Crippen LogP contribution >= 0.6 is 23.4 Å². The Morgan fingerprint density at radius 2 is 1.98 bits per heavy atom. The summed E-state index contributed by atoms with van der Waals surface area (Å²) in [7, 11) is 0. The number of thioether (sulfide) groups is 1. The summed E-state index contributed by atoms with van der Waals surface area (Å²) in [6.07, 6.45) is 2.90. The minimum Gasteiger partial charge on any atom is -0.507 e. The molecule has 8 nitrogen and oxygen atoms in total. The van der Waals surface area contributed by atoms with Crippen LogP contribution in [0, 0.1) is 18.6 Å². The second-order valence-corrected chi connectivity index (χ2v) is 12.8. The Kier molecular flexibility index (Phi) is 7.65. The van der Waals surface area contributed by atoms with Crippen molar-refractivity contribution in [1.29, 1.82) is 0 Å². The van der Waals surface area contributed by atoms with Gasteiger partial charge in [0.1, 0.15) is 17.4 Å². The molecule has 0 saturated carbocycles. The van der Waals surface area contributed by atoms with E-state index in [0.717, 1.165) is 6.07 Å². The van der Waals surface area contributed by atoms with Gasteiger partial charge in [-0.1, -0.05) is 38.1 Å². The number of aromatic hydroxyl groups is 1. The molecule has 6 rings (SSSR count). The number of hydrogen-bond acceptors (Lipinski definition) is 7. The first-order valence-electron chi connectivity index (χ1n) is 14.2. The number of anilines is 1. The number of phenols is 1. The molecule has 1 fully saturated rings. The SMILES string of the molecule is C=CC(=O)N1CC2CSc3c(Cl)c(-c4c(O)cccc4F)c(F)c4c3c(nc(=O)n4-c3c(C)ccnc3C(C)C)N2CC1C. The van der Waals surface area contributed by atoms with Crippen LogP contribution in [-0.4, -0.2) is 61.4 Å². The summed E-state index contributed by atoms with van der Waals surface area (Å²) < 4.78 is 33.8. The van der Waals surface area contributed by atoms with Crippen molar-refractivity contribution in [3.63, 3.8) is 0 Å². The molecule has 228 valence electrons. The van der Waals surface area contributed by atoms with Gasteiger partial charge in [-0.05, 0) is 49.6 Å². The maximum atomic E-state index is 17.3. The number of carbonyl (C=O) groups excluding carboxylic acids is 1. The first kappa shape index (κ1) is 30.1. The highest BCUT2D eigenvalue weighted by Crippen LogP contribution is 2.51. The van der Waals surface area contributed by atoms with Gasteiger partial charge in [0, 0.05) is 41.5 Å². The lowest BCUT2D eigenvalue weighted by Crippen LogP contribution is -2.60. The summed E-state index contributed by atoms with van der Waals surface area (Å²) in [5.74, 6) is -2.05. The molecule has 2 unspecified atom stereocenters. The number of aromatic nitrogens is 3. The largest absolute Gasteiger partial charge is 0.507 e. The van der Waals surface area contributed by atoms with Crippen molar-refractivity contribution in [3.05, 3.63) is 81.5 Å². The zero-order valence-corrected chi connectivity index (χ0v) is 26.1. The van der Waals surface area contributed by atoms with E-state index in [4.69, 9.17) is 11.6 Å². The minimum absolute atomic E-state index is 0.104. The quantitative estimate of drug-likeness (QED) is 0.266. The molecule has 2 aromatic carbocycles. The maximum Gasteiger partial charge on any atom is 0.354 e. The van der Waals surface area contributed by atoms with E-state index in [1.54, 1.807) is 24.1 Å². The molecule has 0 spiro atoms. The lowest BCUT2D eigenvalue weighted by Gasteiger charge is -2.45. The number of carbonyl (C=O) groups is 1. The Morgan fingerprint density at radius 1 is 1.23 bits per heavy atom. The van der Waals surface area contributed by atoms with Gasteiger partial charge >= 0.3 is 5.69 Å². The molecule has 2 atom stereocenters. The first-order chi connectivity index (χ1) is 21.0. The van der Waals surface area contributed by atoms with Crippen LogP contribution in [-0.2, 0) is 4.79 Å². The number of fused-ring (bicyclic) bond motifs is 2. The van der Waals surface area contributed by atoms with Gasteiger partial charge in [0.05, 0.1) is 38.9 Å². The molecule has 2 aromatic heterocycles. The first-order valence-corrected chi connectivity index (χ1v) is 15.6. The summed E-state index contributed by atoms with van der Waals surface area (Å²) in [6.45, 7) is 11.8. The van der Waals surface area contributed by atoms with Crippen LogP contribution in [0.3, 0.4) is 0 Å². The summed E-state index contributed by atoms with van der Waals surface area (Å²) in [4.78, 5) is 40.0. The fourth-order valence-electron chi connectivity index (χ4n) is 6.22. The van der Waals surface area contributed by atoms with Crippen LogP contribution in [0.1, 0.15) is 37.9 Å². The van der Waals surface area contributed by atoms with Gasteiger partial charge in [-0.2, -0.15) is 4.98 Å². The van der Waals surface area contributed by atoms with Gasteiger partial charge in [0.25, 0.3) is 0 Å². The van der Waals surface area contributed by atoms with Crippen molar-refractivity contribution in [1.82, 2.24) is 19.4 Å². The van der Waals surface area contributed by atoms with E-state index < -0.39 is 28.6 Å². The number of aryl methyl sites for hydroxylation is 1. The van der Waals surface area contributed by atoms with Crippen LogP contribution in [0.15, 0.2) is 52.8 Å². The Labute approximate surface area is 262 Å². The lowest BCUT2D eigenvalue weighted by molar-refractivity contribution is -0.128. The third-order valence-electron chi connectivity index (χ3n) is 8.31. The van der Waals surface area contributed by atoms with E-state index in [9.17, 15) is 14.7 Å². The van der Waals surface area contributed by atoms with Crippen molar-refractivity contribution >= 4 is 46.0 Å². The molecule has 0 radical (unpaired) electrons. The number of piperazine rings is 1. The summed E-state index contributed by atoms with van der Waals surface area (Å²) >= 11 is 8.28. The van der Waals surface area contributed by atoms with Crippen molar-refractivity contribution < 1.29 is 18.7 Å². The number of amides is 1. The Hall–Kier alpha value is -3.96. The molecule has 12 heteroatoms. The second-order valence-electron chi connectivity index (χ2n) is 11.4. The standard InChI is InChI=1S/C32H30ClF2N5O3S/c1-6-21(42)38-13-18-14-44-30-24-29(26(35)23(25(30)33)22-19(34)8-7-9-20(22)41)40(28-16(4)10-11-36-27(28)15(2)3)32(43)37-31(24)39(18)12-17(38)5/h6-11,15,17-18,41H,1,12-14H2,2-5H3. The van der Waals surface area contributed by atoms with Gasteiger partial charge in [-0.3, -0.25) is 14.3 Å². The van der Waals surface area contributed by atoms with Gasteiger partial charge in [0.2, 0.25) is 5.91 Å². The molecular weight excluding hydrogens is 608 g/mol. The van der Waals surface area contributed by atoms with Gasteiger partial charge in [-0.25, -0.2) is 13.6 Å². The molecular formula is C32H30ClF2N5O3S. The molecule has 2 aliphatic rings. The molecule has 1 saturated heterocycles. The van der Waals surface area contributed by atoms with Crippen LogP contribution < -0.4 is 10.6 Å². The van der Waals surface area contributed by atoms with Crippen molar-refractivity contribution in [2.45, 2.75) is 50.6 Å². The van der Waals surface area contributed by atoms with Gasteiger partial charge < -0.3 is 14.9 Å². The zero-order valence-electron chi connectivity index (χ0n) is 24.6. The molecule has 2 aliphatic heterocycles. The van der Waals surface area contributed by atoms with Crippen LogP contribution in [0.25, 0.3) is 27.7 Å². The summed E-state index contributed by atoms with van der Waals surface area (Å²) in [6, 6.07) is 4.85. The van der Waals surface area contributed by atoms with E-state index in [2.05, 4.69) is 16.5 Å². The van der Waals surface area contributed by atoms with E-state index >= 15 is 8.78 Å². The fraction of sp³-hybridized carbons (Fsp3) is 0.312. The van der Waals surface area contributed by atoms with E-state index in [0.29, 0.717) is 46.1 Å². The average molecular weight is 638 g/mol. The van der Waals surface area contributed by atoms with E-state index in [1.807, 2.05) is 25.7 Å². The molecule has 4 aromatic rings. The third-order valence-corrected chi connectivity index (χ3v) is 10.0. The molecule has 44 heavy (non-hydrogen) atoms. The van der Waals surface area contributed by atoms with Gasteiger partial charge in [-0.15, -0.1) is 11.8 Å². The smallest absolute Gasteiger partial charge is 0.354 e. The summed E-state index contributed by atoms with van der Waals surface area (Å²) in [5.41, 5.74) is -0.0470. The highest BCUT2D eigenvalue weighted by Gasteiger charge is 2.40. The van der Waals surface area contributed by atoms with E-state index in [-0.39, 0.29) is 45.8 Å². The maximum absolute atomic E-state index is 17.3. The predicted octanol–water partition coefficient (Wildman–Crippen LogP) is 6.21. The average Bonchev–Trinajstić information content (AvgIpc) is 3.13. The molecule has 0 bridgehead atoms. The Morgan fingerprint density at radius 3 is 2.66 bits per heavy atom. The van der Waals surface area contributed by atoms with Crippen LogP contribution in [0.4, 0.5) is 14.6 Å². The Bertz CT molecular complexity index is 1910. The number of halogens is 3. The second kappa shape index (κ2) is 11.2. The lowest BCUT2D eigenvalue weighted by atomic mass is 9.99. The number of nitrogens with zero attached hydrogens (tertiary/aromatic N) is 5. The molecule has 1 N–H and O–H groups in total. The minimum atomic E-state index is -0.972. The number of rotatable bonds is 4. The Balaban J connectivity index is 1.77. The van der Waals surface area contributed by atoms with Gasteiger partial charge in [0.15, 0.2) is 5.82 Å². The van der Waals surface area contributed by atoms with Crippen molar-refractivity contribution in [2.75, 3.05) is 23.7 Å². The predicted molar refractivity (Wildman–Crippen MR) is 169 cm³/mol. The number of phenolic OH excluding ortho intramolecular Hbond substituents is 1. The fourth-order valence-corrected chi connectivity index (χ4v) is 7.87. The van der Waals surface area contributed by atoms with Crippen LogP contribution in [0.5, 0.6) is 5.75 Å². The molecule has 1 amide bonds. The number of pyridine rings is 1.